The van der Waals surface area contributed by atoms with E-state index in [0.29, 0.717) is 19.5 Å². The van der Waals surface area contributed by atoms with Gasteiger partial charge in [0.25, 0.3) is 0 Å². The number of urea groups is 1. The van der Waals surface area contributed by atoms with E-state index in [1.54, 1.807) is 4.90 Å². The van der Waals surface area contributed by atoms with Crippen molar-refractivity contribution >= 4 is 17.9 Å². The summed E-state index contributed by atoms with van der Waals surface area (Å²) >= 11 is 0. The van der Waals surface area contributed by atoms with Crippen LogP contribution in [0, 0.1) is 5.92 Å². The van der Waals surface area contributed by atoms with Gasteiger partial charge in [-0.05, 0) is 12.0 Å². The zero-order chi connectivity index (χ0) is 17.7. The van der Waals surface area contributed by atoms with E-state index in [1.165, 1.54) is 18.9 Å². The van der Waals surface area contributed by atoms with Gasteiger partial charge in [-0.3, -0.25) is 9.59 Å². The summed E-state index contributed by atoms with van der Waals surface area (Å²) in [6.07, 6.45) is 0.555. The Balaban J connectivity index is 1.86. The molecular weight excluding hydrogens is 310 g/mol. The van der Waals surface area contributed by atoms with Gasteiger partial charge in [-0.15, -0.1) is 0 Å². The van der Waals surface area contributed by atoms with Gasteiger partial charge in [0.1, 0.15) is 6.04 Å². The summed E-state index contributed by atoms with van der Waals surface area (Å²) in [5, 5.41) is 11.6. The number of aliphatic carboxylic acids is 1. The van der Waals surface area contributed by atoms with Gasteiger partial charge in [0.15, 0.2) is 0 Å². The van der Waals surface area contributed by atoms with Crippen molar-refractivity contribution in [2.75, 3.05) is 20.1 Å². The summed E-state index contributed by atoms with van der Waals surface area (Å²) in [5.74, 6) is -1.72. The Morgan fingerprint density at radius 3 is 2.67 bits per heavy atom. The third kappa shape index (κ3) is 4.47. The van der Waals surface area contributed by atoms with Crippen LogP contribution < -0.4 is 5.32 Å². The van der Waals surface area contributed by atoms with Crippen molar-refractivity contribution in [2.24, 2.45) is 5.92 Å². The maximum absolute atomic E-state index is 12.4. The first-order chi connectivity index (χ1) is 11.4. The molecule has 130 valence electrons. The number of nitrogens with one attached hydrogen (secondary N) is 1. The number of hydrogen-bond acceptors (Lipinski definition) is 3. The molecule has 7 heteroatoms. The van der Waals surface area contributed by atoms with Crippen molar-refractivity contribution < 1.29 is 19.5 Å². The van der Waals surface area contributed by atoms with Crippen LogP contribution >= 0.6 is 0 Å². The number of amides is 3. The van der Waals surface area contributed by atoms with E-state index in [0.717, 1.165) is 5.56 Å². The maximum atomic E-state index is 12.4. The molecule has 0 aliphatic carbocycles. The van der Waals surface area contributed by atoms with Crippen molar-refractivity contribution in [3.8, 4) is 0 Å². The highest BCUT2D eigenvalue weighted by Gasteiger charge is 2.33. The van der Waals surface area contributed by atoms with Gasteiger partial charge in [-0.25, -0.2) is 4.79 Å². The minimum atomic E-state index is -0.958. The van der Waals surface area contributed by atoms with Crippen LogP contribution in [-0.4, -0.2) is 59.0 Å². The minimum Gasteiger partial charge on any atom is -0.481 e. The highest BCUT2D eigenvalue weighted by Crippen LogP contribution is 2.15. The molecule has 2 unspecified atom stereocenters. The van der Waals surface area contributed by atoms with Crippen LogP contribution in [-0.2, 0) is 16.1 Å². The van der Waals surface area contributed by atoms with Crippen LogP contribution in [0.5, 0.6) is 0 Å². The lowest BCUT2D eigenvalue weighted by Gasteiger charge is -2.22. The standard InChI is InChI=1S/C17H23N3O4/c1-12(16(22)23)10-19(2)17(24)18-14-8-9-20(15(14)21)11-13-6-4-3-5-7-13/h3-7,12,14H,8-11H2,1-2H3,(H,18,24)(H,22,23). The smallest absolute Gasteiger partial charge is 0.317 e. The normalized spacial score (nSPS) is 18.3. The number of carbonyl (C=O) groups is 3. The van der Waals surface area contributed by atoms with Crippen molar-refractivity contribution in [1.82, 2.24) is 15.1 Å². The highest BCUT2D eigenvalue weighted by atomic mass is 16.4. The number of carboxylic acid groups (broad SMARTS) is 1. The summed E-state index contributed by atoms with van der Waals surface area (Å²) in [4.78, 5) is 38.4. The number of benzene rings is 1. The second kappa shape index (κ2) is 7.81. The third-order valence-electron chi connectivity index (χ3n) is 4.13. The fourth-order valence-electron chi connectivity index (χ4n) is 2.66. The topological polar surface area (TPSA) is 90.0 Å². The molecule has 0 spiro atoms. The van der Waals surface area contributed by atoms with Gasteiger partial charge < -0.3 is 20.2 Å². The zero-order valence-corrected chi connectivity index (χ0v) is 13.9. The largest absolute Gasteiger partial charge is 0.481 e. The quantitative estimate of drug-likeness (QED) is 0.817. The number of hydrogen-bond donors (Lipinski definition) is 2. The molecule has 3 amide bonds. The Morgan fingerprint density at radius 2 is 2.04 bits per heavy atom. The van der Waals surface area contributed by atoms with Gasteiger partial charge in [0, 0.05) is 26.7 Å². The van der Waals surface area contributed by atoms with Crippen molar-refractivity contribution in [1.29, 1.82) is 0 Å². The van der Waals surface area contributed by atoms with Crippen LogP contribution in [0.4, 0.5) is 4.79 Å². The van der Waals surface area contributed by atoms with Crippen LogP contribution in [0.2, 0.25) is 0 Å². The van der Waals surface area contributed by atoms with Gasteiger partial charge in [0.05, 0.1) is 5.92 Å². The number of carboxylic acids is 1. The number of likely N-dealkylation sites (tertiary alicyclic amines) is 1. The Labute approximate surface area is 141 Å². The lowest BCUT2D eigenvalue weighted by molar-refractivity contribution is -0.141. The molecule has 1 aromatic rings. The number of rotatable bonds is 6. The number of nitrogens with zero attached hydrogens (tertiary/aromatic N) is 2. The first-order valence-corrected chi connectivity index (χ1v) is 7.95. The molecule has 1 fully saturated rings. The van der Waals surface area contributed by atoms with E-state index >= 15 is 0 Å². The molecule has 2 rings (SSSR count). The lowest BCUT2D eigenvalue weighted by Crippen LogP contribution is -2.48. The van der Waals surface area contributed by atoms with Gasteiger partial charge in [-0.1, -0.05) is 37.3 Å². The molecule has 1 aromatic carbocycles. The summed E-state index contributed by atoms with van der Waals surface area (Å²) < 4.78 is 0. The van der Waals surface area contributed by atoms with E-state index in [4.69, 9.17) is 5.11 Å². The fraction of sp³-hybridized carbons (Fsp3) is 0.471. The van der Waals surface area contributed by atoms with Crippen LogP contribution in [0.25, 0.3) is 0 Å². The molecule has 1 aliphatic heterocycles. The molecule has 2 atom stereocenters. The first kappa shape index (κ1) is 17.8. The van der Waals surface area contributed by atoms with Crippen LogP contribution in [0.3, 0.4) is 0 Å². The summed E-state index contributed by atoms with van der Waals surface area (Å²) in [6.45, 7) is 2.75. The highest BCUT2D eigenvalue weighted by molar-refractivity contribution is 5.88. The third-order valence-corrected chi connectivity index (χ3v) is 4.13. The summed E-state index contributed by atoms with van der Waals surface area (Å²) in [6, 6.07) is 8.71. The molecular formula is C17H23N3O4. The second-order valence-electron chi connectivity index (χ2n) is 6.16. The van der Waals surface area contributed by atoms with Crippen LogP contribution in [0.1, 0.15) is 18.9 Å². The molecule has 1 aliphatic rings. The molecule has 0 bridgehead atoms. The molecule has 1 saturated heterocycles. The van der Waals surface area contributed by atoms with E-state index in [9.17, 15) is 14.4 Å². The summed E-state index contributed by atoms with van der Waals surface area (Å²) in [7, 11) is 1.52. The van der Waals surface area contributed by atoms with E-state index in [2.05, 4.69) is 5.32 Å². The predicted molar refractivity (Wildman–Crippen MR) is 88.2 cm³/mol. The molecule has 2 N–H and O–H groups in total. The molecule has 0 aromatic heterocycles. The molecule has 24 heavy (non-hydrogen) atoms. The molecule has 1 heterocycles. The number of carbonyl (C=O) groups excluding carboxylic acids is 2. The molecule has 0 saturated carbocycles. The fourth-order valence-corrected chi connectivity index (χ4v) is 2.66. The van der Waals surface area contributed by atoms with Gasteiger partial charge in [0.2, 0.25) is 5.91 Å². The van der Waals surface area contributed by atoms with Crippen molar-refractivity contribution in [3.63, 3.8) is 0 Å². The average molecular weight is 333 g/mol. The maximum Gasteiger partial charge on any atom is 0.317 e. The Hall–Kier alpha value is -2.57. The SMILES string of the molecule is CC(CN(C)C(=O)NC1CCN(Cc2ccccc2)C1=O)C(=O)O. The van der Waals surface area contributed by atoms with E-state index in [1.807, 2.05) is 30.3 Å². The lowest BCUT2D eigenvalue weighted by atomic mass is 10.2. The van der Waals surface area contributed by atoms with E-state index < -0.39 is 24.0 Å². The Bertz CT molecular complexity index is 605. The molecule has 0 radical (unpaired) electrons. The molecule has 7 nitrogen and oxygen atoms in total. The van der Waals surface area contributed by atoms with Crippen molar-refractivity contribution in [3.05, 3.63) is 35.9 Å². The average Bonchev–Trinajstić information content (AvgIpc) is 2.88. The predicted octanol–water partition coefficient (Wildman–Crippen LogP) is 1.15. The second-order valence-corrected chi connectivity index (χ2v) is 6.16. The Kier molecular flexibility index (Phi) is 5.78. The minimum absolute atomic E-state index is 0.0931. The Morgan fingerprint density at radius 1 is 1.38 bits per heavy atom. The van der Waals surface area contributed by atoms with Crippen molar-refractivity contribution in [2.45, 2.75) is 25.9 Å². The summed E-state index contributed by atoms with van der Waals surface area (Å²) in [5.41, 5.74) is 1.05. The van der Waals surface area contributed by atoms with Gasteiger partial charge in [-0.2, -0.15) is 0 Å². The van der Waals surface area contributed by atoms with Gasteiger partial charge >= 0.3 is 12.0 Å². The van der Waals surface area contributed by atoms with E-state index in [-0.39, 0.29) is 12.5 Å². The first-order valence-electron chi connectivity index (χ1n) is 7.95. The van der Waals surface area contributed by atoms with Crippen LogP contribution in [0.15, 0.2) is 30.3 Å². The monoisotopic (exact) mass is 333 g/mol. The zero-order valence-electron chi connectivity index (χ0n) is 13.9.